The molecule has 0 unspecified atom stereocenters. The summed E-state index contributed by atoms with van der Waals surface area (Å²) in [6, 6.07) is 29.4. The fourth-order valence-electron chi connectivity index (χ4n) is 10.4. The summed E-state index contributed by atoms with van der Waals surface area (Å²) in [6.07, 6.45) is 35.5. The van der Waals surface area contributed by atoms with E-state index in [2.05, 4.69) is 201 Å². The molecule has 1 N–H and O–H groups in total. The van der Waals surface area contributed by atoms with Gasteiger partial charge in [-0.05, 0) is 123 Å². The largest absolute Gasteiger partial charge is 0.361 e. The summed E-state index contributed by atoms with van der Waals surface area (Å²) < 4.78 is 5.00. The first-order valence-corrected chi connectivity index (χ1v) is 23.8. The summed E-state index contributed by atoms with van der Waals surface area (Å²) in [7, 11) is 0. The van der Waals surface area contributed by atoms with E-state index in [0.29, 0.717) is 0 Å². The van der Waals surface area contributed by atoms with Crippen LogP contribution in [0.5, 0.6) is 0 Å². The highest BCUT2D eigenvalue weighted by Gasteiger charge is 2.38. The maximum absolute atomic E-state index is 4.11. The minimum absolute atomic E-state index is 0.0436. The Hall–Kier alpha value is -6.58. The summed E-state index contributed by atoms with van der Waals surface area (Å²) in [4.78, 5) is 0. The number of allylic oxidation sites excluding steroid dienone is 17. The SMILES string of the molecule is C=C/C=C\c1c(C(/C=C\C)=C/Nc2ccc3c4ccccc4n(C4=CC=CCC4)c3c2C2=C(C)CCC=C2)c2cc3c(cc2n1-c1ccccc1)C(C)(C)C1=C3C=CCC1.CC.CC. The van der Waals surface area contributed by atoms with Gasteiger partial charge in [-0.3, -0.25) is 0 Å². The van der Waals surface area contributed by atoms with Crippen molar-refractivity contribution in [1.29, 1.82) is 0 Å². The molecular weight excluding hydrogens is 775 g/mol. The molecule has 0 fully saturated rings. The van der Waals surface area contributed by atoms with Crippen molar-refractivity contribution in [3.8, 4) is 5.69 Å². The lowest BCUT2D eigenvalue weighted by molar-refractivity contribution is 0.608. The van der Waals surface area contributed by atoms with E-state index in [-0.39, 0.29) is 5.41 Å². The van der Waals surface area contributed by atoms with Gasteiger partial charge < -0.3 is 14.5 Å². The van der Waals surface area contributed by atoms with Crippen LogP contribution in [0.1, 0.15) is 122 Å². The number of benzene rings is 4. The lowest BCUT2D eigenvalue weighted by atomic mass is 9.78. The number of aromatic nitrogens is 2. The minimum Gasteiger partial charge on any atom is -0.361 e. The van der Waals surface area contributed by atoms with Crippen molar-refractivity contribution >= 4 is 66.9 Å². The molecule has 0 atom stereocenters. The van der Waals surface area contributed by atoms with Crippen molar-refractivity contribution in [1.82, 2.24) is 9.13 Å². The molecule has 2 heterocycles. The van der Waals surface area contributed by atoms with Crippen LogP contribution in [0.3, 0.4) is 0 Å². The molecule has 6 aromatic rings. The fraction of sp³-hybridized carbons (Fsp3) is 0.246. The molecule has 4 aliphatic rings. The van der Waals surface area contributed by atoms with Gasteiger partial charge in [-0.25, -0.2) is 0 Å². The summed E-state index contributed by atoms with van der Waals surface area (Å²) in [5, 5.41) is 7.79. The second kappa shape index (κ2) is 19.0. The number of fused-ring (bicyclic) bond motifs is 6. The zero-order chi connectivity index (χ0) is 45.0. The van der Waals surface area contributed by atoms with Crippen molar-refractivity contribution in [3.05, 3.63) is 198 Å². The molecule has 0 aliphatic heterocycles. The van der Waals surface area contributed by atoms with Crippen LogP contribution >= 0.6 is 0 Å². The van der Waals surface area contributed by atoms with Gasteiger partial charge in [0.15, 0.2) is 0 Å². The molecular formula is C61H65N3. The van der Waals surface area contributed by atoms with Gasteiger partial charge in [-0.15, -0.1) is 0 Å². The van der Waals surface area contributed by atoms with E-state index in [1.54, 1.807) is 5.57 Å². The molecule has 0 saturated heterocycles. The lowest BCUT2D eigenvalue weighted by Gasteiger charge is -2.25. The number of hydrogen-bond acceptors (Lipinski definition) is 1. The third kappa shape index (κ3) is 7.55. The number of nitrogens with zero attached hydrogens (tertiary/aromatic N) is 2. The van der Waals surface area contributed by atoms with Gasteiger partial charge in [0.25, 0.3) is 0 Å². The summed E-state index contributed by atoms with van der Waals surface area (Å²) in [6.45, 7) is 21.4. The molecule has 0 bridgehead atoms. The van der Waals surface area contributed by atoms with E-state index >= 15 is 0 Å². The molecule has 324 valence electrons. The Morgan fingerprint density at radius 1 is 0.750 bits per heavy atom. The Labute approximate surface area is 382 Å². The van der Waals surface area contributed by atoms with E-state index in [4.69, 9.17) is 0 Å². The van der Waals surface area contributed by atoms with Gasteiger partial charge in [0.2, 0.25) is 0 Å². The maximum atomic E-state index is 4.11. The van der Waals surface area contributed by atoms with E-state index in [0.717, 1.165) is 61.2 Å². The molecule has 0 saturated carbocycles. The molecule has 64 heavy (non-hydrogen) atoms. The molecule has 10 rings (SSSR count). The van der Waals surface area contributed by atoms with Crippen LogP contribution in [-0.4, -0.2) is 9.13 Å². The maximum Gasteiger partial charge on any atom is 0.0637 e. The highest BCUT2D eigenvalue weighted by atomic mass is 15.0. The highest BCUT2D eigenvalue weighted by Crippen LogP contribution is 2.52. The first-order valence-electron chi connectivity index (χ1n) is 23.8. The van der Waals surface area contributed by atoms with Crippen LogP contribution in [0.25, 0.3) is 66.9 Å². The van der Waals surface area contributed by atoms with Gasteiger partial charge >= 0.3 is 0 Å². The quantitative estimate of drug-likeness (QED) is 0.144. The third-order valence-corrected chi connectivity index (χ3v) is 13.3. The normalized spacial score (nSPS) is 16.6. The van der Waals surface area contributed by atoms with Crippen LogP contribution in [0.2, 0.25) is 0 Å². The number of rotatable bonds is 9. The first-order chi connectivity index (χ1) is 31.4. The molecule has 0 radical (unpaired) electrons. The van der Waals surface area contributed by atoms with Gasteiger partial charge in [0.05, 0.1) is 22.2 Å². The van der Waals surface area contributed by atoms with E-state index in [1.807, 2.05) is 33.8 Å². The second-order valence-corrected chi connectivity index (χ2v) is 17.1. The van der Waals surface area contributed by atoms with Crippen molar-refractivity contribution in [2.75, 3.05) is 5.32 Å². The van der Waals surface area contributed by atoms with Crippen molar-refractivity contribution in [3.63, 3.8) is 0 Å². The zero-order valence-corrected chi connectivity index (χ0v) is 39.4. The van der Waals surface area contributed by atoms with Gasteiger partial charge in [0, 0.05) is 61.5 Å². The molecule has 3 heteroatoms. The Balaban J connectivity index is 0.00000136. The van der Waals surface area contributed by atoms with Crippen LogP contribution in [0.4, 0.5) is 5.69 Å². The minimum atomic E-state index is -0.0436. The number of para-hydroxylation sites is 2. The Bertz CT molecular complexity index is 3040. The summed E-state index contributed by atoms with van der Waals surface area (Å²) in [5.41, 5.74) is 20.4. The van der Waals surface area contributed by atoms with E-state index < -0.39 is 0 Å². The van der Waals surface area contributed by atoms with Crippen LogP contribution in [0.15, 0.2) is 170 Å². The molecule has 0 amide bonds. The lowest BCUT2D eigenvalue weighted by Crippen LogP contribution is -2.17. The topological polar surface area (TPSA) is 21.9 Å². The molecule has 2 aromatic heterocycles. The van der Waals surface area contributed by atoms with Crippen LogP contribution in [-0.2, 0) is 5.41 Å². The average molecular weight is 840 g/mol. The predicted molar refractivity (Wildman–Crippen MR) is 283 cm³/mol. The van der Waals surface area contributed by atoms with Gasteiger partial charge in [-0.1, -0.05) is 162 Å². The number of anilines is 1. The third-order valence-electron chi connectivity index (χ3n) is 13.3. The monoisotopic (exact) mass is 840 g/mol. The van der Waals surface area contributed by atoms with Gasteiger partial charge in [-0.2, -0.15) is 0 Å². The Morgan fingerprint density at radius 2 is 1.48 bits per heavy atom. The molecule has 0 spiro atoms. The number of nitrogens with one attached hydrogen (secondary N) is 1. The number of hydrogen-bond donors (Lipinski definition) is 1. The molecule has 4 aliphatic carbocycles. The van der Waals surface area contributed by atoms with Crippen LogP contribution < -0.4 is 5.32 Å². The average Bonchev–Trinajstić information content (AvgIpc) is 3.93. The predicted octanol–water partition coefficient (Wildman–Crippen LogP) is 17.7. The smallest absolute Gasteiger partial charge is 0.0637 e. The molecule has 4 aromatic carbocycles. The van der Waals surface area contributed by atoms with Crippen molar-refractivity contribution in [2.45, 2.75) is 99.3 Å². The van der Waals surface area contributed by atoms with E-state index in [9.17, 15) is 0 Å². The second-order valence-electron chi connectivity index (χ2n) is 17.1. The summed E-state index contributed by atoms with van der Waals surface area (Å²) in [5.74, 6) is 0. The summed E-state index contributed by atoms with van der Waals surface area (Å²) >= 11 is 0. The molecule has 3 nitrogen and oxygen atoms in total. The van der Waals surface area contributed by atoms with Crippen molar-refractivity contribution < 1.29 is 0 Å². The fourth-order valence-corrected chi connectivity index (χ4v) is 10.4. The van der Waals surface area contributed by atoms with Crippen molar-refractivity contribution in [2.24, 2.45) is 0 Å². The Morgan fingerprint density at radius 3 is 2.22 bits per heavy atom. The Kier molecular flexibility index (Phi) is 13.1. The first kappa shape index (κ1) is 44.0. The van der Waals surface area contributed by atoms with Gasteiger partial charge in [0.1, 0.15) is 0 Å². The standard InChI is InChI=1S/C57H53N3.2C2H6/c1-6-8-31-52-54(47-35-46-43-28-17-19-30-48(43)57(4,5)49(46)36-53(47)59(52)40-23-11-9-12-24-40)39(21-7-2)37-58-50-34-33-45-44-29-18-20-32-51(44)60(41-25-13-10-14-26-41)56(45)55(50)42-27-16-15-22-38(42)3;2*1-2/h6-13,16-18,20-21,23-25,27-29,31-37,58H,1,14-15,19,22,26,30H2,2-5H3;2*1-2H3/b21-7-,31-8-,39-37+;;. The highest BCUT2D eigenvalue weighted by molar-refractivity contribution is 6.16. The van der Waals surface area contributed by atoms with E-state index in [1.165, 1.54) is 77.4 Å². The zero-order valence-electron chi connectivity index (χ0n) is 39.4. The van der Waals surface area contributed by atoms with Crippen LogP contribution in [0, 0.1) is 0 Å².